The second-order valence-electron chi connectivity index (χ2n) is 5.54. The van der Waals surface area contributed by atoms with Crippen LogP contribution in [0.1, 0.15) is 42.7 Å². The average molecular weight is 322 g/mol. The van der Waals surface area contributed by atoms with Crippen molar-refractivity contribution in [3.8, 4) is 6.07 Å². The van der Waals surface area contributed by atoms with Gasteiger partial charge in [-0.05, 0) is 43.2 Å². The van der Waals surface area contributed by atoms with Gasteiger partial charge < -0.3 is 10.2 Å². The molecule has 1 heterocycles. The van der Waals surface area contributed by atoms with Crippen molar-refractivity contribution in [3.63, 3.8) is 0 Å². The van der Waals surface area contributed by atoms with E-state index < -0.39 is 0 Å². The first-order chi connectivity index (χ1) is 11.7. The molecule has 0 radical (unpaired) electrons. The number of hydrogen-bond acceptors (Lipinski definition) is 4. The van der Waals surface area contributed by atoms with Crippen LogP contribution in [0.25, 0.3) is 0 Å². The summed E-state index contributed by atoms with van der Waals surface area (Å²) >= 11 is 0. The third-order valence-corrected chi connectivity index (χ3v) is 3.53. The summed E-state index contributed by atoms with van der Waals surface area (Å²) in [6.07, 6.45) is 3.47. The van der Waals surface area contributed by atoms with E-state index in [1.54, 1.807) is 30.5 Å². The first-order valence-corrected chi connectivity index (χ1v) is 8.20. The van der Waals surface area contributed by atoms with E-state index in [1.807, 2.05) is 17.0 Å². The molecule has 2 rings (SSSR count). The summed E-state index contributed by atoms with van der Waals surface area (Å²) in [6, 6.07) is 12.9. The Hall–Kier alpha value is -2.87. The van der Waals surface area contributed by atoms with Crippen LogP contribution >= 0.6 is 0 Å². The molecule has 0 unspecified atom stereocenters. The van der Waals surface area contributed by atoms with Crippen LogP contribution in [-0.4, -0.2) is 28.9 Å². The molecule has 2 aromatic rings. The van der Waals surface area contributed by atoms with Gasteiger partial charge in [0.1, 0.15) is 5.69 Å². The smallest absolute Gasteiger partial charge is 0.272 e. The number of anilines is 2. The van der Waals surface area contributed by atoms with Crippen molar-refractivity contribution < 1.29 is 4.79 Å². The lowest BCUT2D eigenvalue weighted by Gasteiger charge is -2.21. The van der Waals surface area contributed by atoms with E-state index in [2.05, 4.69) is 30.2 Å². The number of nitriles is 1. The molecule has 1 aromatic heterocycles. The summed E-state index contributed by atoms with van der Waals surface area (Å²) in [5.41, 5.74) is 2.59. The predicted octanol–water partition coefficient (Wildman–Crippen LogP) is 3.96. The second-order valence-corrected chi connectivity index (χ2v) is 5.54. The third-order valence-electron chi connectivity index (χ3n) is 3.53. The number of amides is 1. The van der Waals surface area contributed by atoms with E-state index in [0.29, 0.717) is 11.3 Å². The van der Waals surface area contributed by atoms with Crippen LogP contribution < -0.4 is 5.32 Å². The Morgan fingerprint density at radius 2 is 1.88 bits per heavy atom. The van der Waals surface area contributed by atoms with Crippen molar-refractivity contribution in [2.75, 3.05) is 18.4 Å². The molecular formula is C19H22N4O. The monoisotopic (exact) mass is 322 g/mol. The number of carbonyl (C=O) groups is 1. The molecule has 0 aliphatic carbocycles. The summed E-state index contributed by atoms with van der Waals surface area (Å²) in [5.74, 6) is -0.0480. The van der Waals surface area contributed by atoms with Gasteiger partial charge in [-0.15, -0.1) is 0 Å². The number of hydrogen-bond donors (Lipinski definition) is 1. The number of carbonyl (C=O) groups excluding carboxylic acids is 1. The largest absolute Gasteiger partial charge is 0.355 e. The highest BCUT2D eigenvalue weighted by atomic mass is 16.2. The van der Waals surface area contributed by atoms with Gasteiger partial charge >= 0.3 is 0 Å². The Labute approximate surface area is 142 Å². The number of aromatic nitrogens is 1. The van der Waals surface area contributed by atoms with Gasteiger partial charge in [-0.3, -0.25) is 9.78 Å². The standard InChI is InChI=1S/C19H22N4O/c1-3-10-23(11-4-2)19(24)18-13-17(8-9-21-18)22-16-7-5-6-15(12-16)14-20/h5-9,12-13H,3-4,10-11H2,1-2H3,(H,21,22). The van der Waals surface area contributed by atoms with E-state index in [0.717, 1.165) is 37.3 Å². The zero-order chi connectivity index (χ0) is 17.4. The van der Waals surface area contributed by atoms with Crippen LogP contribution in [0.3, 0.4) is 0 Å². The molecule has 1 aromatic carbocycles. The van der Waals surface area contributed by atoms with Crippen molar-refractivity contribution >= 4 is 17.3 Å². The topological polar surface area (TPSA) is 69.0 Å². The number of nitrogens with one attached hydrogen (secondary N) is 1. The van der Waals surface area contributed by atoms with Crippen LogP contribution in [0.5, 0.6) is 0 Å². The zero-order valence-corrected chi connectivity index (χ0v) is 14.1. The van der Waals surface area contributed by atoms with Gasteiger partial charge in [0.15, 0.2) is 0 Å². The highest BCUT2D eigenvalue weighted by Gasteiger charge is 2.15. The summed E-state index contributed by atoms with van der Waals surface area (Å²) in [7, 11) is 0. The van der Waals surface area contributed by atoms with E-state index in [4.69, 9.17) is 5.26 Å². The minimum atomic E-state index is -0.0480. The molecule has 0 spiro atoms. The van der Waals surface area contributed by atoms with Gasteiger partial charge in [-0.1, -0.05) is 19.9 Å². The lowest BCUT2D eigenvalue weighted by atomic mass is 10.2. The van der Waals surface area contributed by atoms with Gasteiger partial charge in [0.05, 0.1) is 11.6 Å². The lowest BCUT2D eigenvalue weighted by Crippen LogP contribution is -2.33. The molecule has 1 amide bonds. The summed E-state index contributed by atoms with van der Waals surface area (Å²) in [5, 5.41) is 12.2. The maximum Gasteiger partial charge on any atom is 0.272 e. The molecule has 0 saturated carbocycles. The molecule has 0 aliphatic heterocycles. The Morgan fingerprint density at radius 3 is 2.54 bits per heavy atom. The fourth-order valence-corrected chi connectivity index (χ4v) is 2.48. The van der Waals surface area contributed by atoms with Gasteiger partial charge in [0.25, 0.3) is 5.91 Å². The summed E-state index contributed by atoms with van der Waals surface area (Å²) < 4.78 is 0. The first kappa shape index (κ1) is 17.5. The van der Waals surface area contributed by atoms with Crippen LogP contribution in [-0.2, 0) is 0 Å². The molecule has 124 valence electrons. The number of rotatable bonds is 7. The van der Waals surface area contributed by atoms with E-state index in [9.17, 15) is 4.79 Å². The number of benzene rings is 1. The van der Waals surface area contributed by atoms with Crippen LogP contribution in [0, 0.1) is 11.3 Å². The van der Waals surface area contributed by atoms with Gasteiger partial charge in [0.2, 0.25) is 0 Å². The predicted molar refractivity (Wildman–Crippen MR) is 95.2 cm³/mol. The molecular weight excluding hydrogens is 300 g/mol. The summed E-state index contributed by atoms with van der Waals surface area (Å²) in [4.78, 5) is 18.7. The zero-order valence-electron chi connectivity index (χ0n) is 14.1. The Bertz CT molecular complexity index is 730. The lowest BCUT2D eigenvalue weighted by molar-refractivity contribution is 0.0749. The second kappa shape index (κ2) is 8.68. The fraction of sp³-hybridized carbons (Fsp3) is 0.316. The van der Waals surface area contributed by atoms with Crippen molar-refractivity contribution in [1.29, 1.82) is 5.26 Å². The van der Waals surface area contributed by atoms with Crippen molar-refractivity contribution in [3.05, 3.63) is 53.9 Å². The molecule has 0 saturated heterocycles. The number of nitrogens with zero attached hydrogens (tertiary/aromatic N) is 3. The highest BCUT2D eigenvalue weighted by Crippen LogP contribution is 2.18. The van der Waals surface area contributed by atoms with Gasteiger partial charge in [0, 0.05) is 30.7 Å². The number of pyridine rings is 1. The quantitative estimate of drug-likeness (QED) is 0.837. The molecule has 0 bridgehead atoms. The van der Waals surface area contributed by atoms with Crippen molar-refractivity contribution in [2.24, 2.45) is 0 Å². The molecule has 24 heavy (non-hydrogen) atoms. The minimum absolute atomic E-state index is 0.0480. The molecule has 5 nitrogen and oxygen atoms in total. The minimum Gasteiger partial charge on any atom is -0.355 e. The Kier molecular flexibility index (Phi) is 6.32. The van der Waals surface area contributed by atoms with Crippen LogP contribution in [0.15, 0.2) is 42.6 Å². The summed E-state index contributed by atoms with van der Waals surface area (Å²) in [6.45, 7) is 5.58. The highest BCUT2D eigenvalue weighted by molar-refractivity contribution is 5.93. The van der Waals surface area contributed by atoms with E-state index in [1.165, 1.54) is 0 Å². The van der Waals surface area contributed by atoms with E-state index in [-0.39, 0.29) is 5.91 Å². The Morgan fingerprint density at radius 1 is 1.17 bits per heavy atom. The van der Waals surface area contributed by atoms with Gasteiger partial charge in [-0.25, -0.2) is 0 Å². The van der Waals surface area contributed by atoms with E-state index >= 15 is 0 Å². The Balaban J connectivity index is 2.18. The molecule has 0 aliphatic rings. The maximum absolute atomic E-state index is 12.6. The van der Waals surface area contributed by atoms with Crippen LogP contribution in [0.4, 0.5) is 11.4 Å². The van der Waals surface area contributed by atoms with Gasteiger partial charge in [-0.2, -0.15) is 5.26 Å². The fourth-order valence-electron chi connectivity index (χ4n) is 2.48. The SMILES string of the molecule is CCCN(CCC)C(=O)c1cc(Nc2cccc(C#N)c2)ccn1. The maximum atomic E-state index is 12.6. The first-order valence-electron chi connectivity index (χ1n) is 8.20. The average Bonchev–Trinajstić information content (AvgIpc) is 2.61. The van der Waals surface area contributed by atoms with Crippen molar-refractivity contribution in [1.82, 2.24) is 9.88 Å². The molecule has 1 N–H and O–H groups in total. The normalized spacial score (nSPS) is 10.0. The molecule has 0 atom stereocenters. The van der Waals surface area contributed by atoms with Crippen LogP contribution in [0.2, 0.25) is 0 Å². The third kappa shape index (κ3) is 4.56. The molecule has 5 heteroatoms. The van der Waals surface area contributed by atoms with Crippen molar-refractivity contribution in [2.45, 2.75) is 26.7 Å². The molecule has 0 fully saturated rings.